The summed E-state index contributed by atoms with van der Waals surface area (Å²) >= 11 is 6.95. The molecule has 0 radical (unpaired) electrons. The number of benzene rings is 2. The van der Waals surface area contributed by atoms with Crippen LogP contribution in [-0.4, -0.2) is 5.11 Å². The summed E-state index contributed by atoms with van der Waals surface area (Å²) in [6.07, 6.45) is 1.63. The number of hydrogen-bond donors (Lipinski definition) is 1. The molecule has 1 N–H and O–H groups in total. The maximum Gasteiger partial charge on any atom is 0.134 e. The molecular formula is C17H14Br2O2. The molecule has 21 heavy (non-hydrogen) atoms. The van der Waals surface area contributed by atoms with Crippen LogP contribution < -0.4 is 0 Å². The van der Waals surface area contributed by atoms with Crippen LogP contribution in [0.3, 0.4) is 0 Å². The van der Waals surface area contributed by atoms with Gasteiger partial charge in [0.1, 0.15) is 17.1 Å². The number of hydrogen-bond acceptors (Lipinski definition) is 2. The molecule has 108 valence electrons. The van der Waals surface area contributed by atoms with Gasteiger partial charge in [0.05, 0.1) is 4.47 Å². The highest BCUT2D eigenvalue weighted by molar-refractivity contribution is 9.13. The molecule has 3 rings (SSSR count). The van der Waals surface area contributed by atoms with E-state index in [0.717, 1.165) is 39.6 Å². The number of rotatable bonds is 3. The Balaban J connectivity index is 2.12. The van der Waals surface area contributed by atoms with Crippen molar-refractivity contribution >= 4 is 42.8 Å². The Kier molecular flexibility index (Phi) is 4.09. The molecule has 0 saturated carbocycles. The second-order valence-corrected chi connectivity index (χ2v) is 6.49. The van der Waals surface area contributed by atoms with Gasteiger partial charge in [-0.2, -0.15) is 0 Å². The van der Waals surface area contributed by atoms with Gasteiger partial charge >= 0.3 is 0 Å². The van der Waals surface area contributed by atoms with Crippen LogP contribution in [0.5, 0.6) is 5.75 Å². The summed E-state index contributed by atoms with van der Waals surface area (Å²) in [7, 11) is 0. The number of furan rings is 1. The van der Waals surface area contributed by atoms with Gasteiger partial charge in [-0.15, -0.1) is 0 Å². The number of fused-ring (bicyclic) bond motifs is 1. The molecule has 0 aliphatic rings. The van der Waals surface area contributed by atoms with E-state index in [9.17, 15) is 5.11 Å². The van der Waals surface area contributed by atoms with E-state index in [-0.39, 0.29) is 5.75 Å². The molecule has 2 nitrogen and oxygen atoms in total. The maximum atomic E-state index is 9.73. The van der Waals surface area contributed by atoms with Crippen molar-refractivity contribution in [3.05, 3.63) is 62.2 Å². The fraction of sp³-hybridized carbons (Fsp3) is 0.176. The molecule has 3 aromatic rings. The van der Waals surface area contributed by atoms with E-state index < -0.39 is 0 Å². The molecule has 0 atom stereocenters. The molecule has 0 saturated heterocycles. The van der Waals surface area contributed by atoms with Crippen LogP contribution in [0, 0.1) is 0 Å². The minimum atomic E-state index is 0.235. The van der Waals surface area contributed by atoms with Crippen molar-refractivity contribution in [2.24, 2.45) is 0 Å². The lowest BCUT2D eigenvalue weighted by molar-refractivity contribution is 0.471. The Labute approximate surface area is 140 Å². The summed E-state index contributed by atoms with van der Waals surface area (Å²) in [4.78, 5) is 0. The maximum absolute atomic E-state index is 9.73. The van der Waals surface area contributed by atoms with Crippen molar-refractivity contribution in [3.8, 4) is 5.75 Å². The van der Waals surface area contributed by atoms with Crippen molar-refractivity contribution < 1.29 is 9.52 Å². The zero-order valence-electron chi connectivity index (χ0n) is 11.5. The van der Waals surface area contributed by atoms with E-state index in [1.807, 2.05) is 24.3 Å². The molecule has 0 aliphatic heterocycles. The minimum absolute atomic E-state index is 0.235. The normalized spacial score (nSPS) is 11.2. The Morgan fingerprint density at radius 2 is 1.81 bits per heavy atom. The van der Waals surface area contributed by atoms with E-state index >= 15 is 0 Å². The van der Waals surface area contributed by atoms with E-state index in [4.69, 9.17) is 4.42 Å². The van der Waals surface area contributed by atoms with Crippen LogP contribution in [0.15, 0.2) is 49.8 Å². The monoisotopic (exact) mass is 408 g/mol. The van der Waals surface area contributed by atoms with Crippen molar-refractivity contribution in [2.75, 3.05) is 0 Å². The molecule has 0 fully saturated rings. The summed E-state index contributed by atoms with van der Waals surface area (Å²) < 4.78 is 7.51. The lowest BCUT2D eigenvalue weighted by atomic mass is 10.0. The standard InChI is InChI=1S/C17H14Br2O2/c1-2-14-12(11-5-3-4-6-15(11)21-14)9-10-7-8-13(20)17(19)16(10)18/h3-8,20H,2,9H2,1H3. The molecule has 0 spiro atoms. The topological polar surface area (TPSA) is 33.4 Å². The average Bonchev–Trinajstić information content (AvgIpc) is 2.86. The van der Waals surface area contributed by atoms with Gasteiger partial charge < -0.3 is 9.52 Å². The fourth-order valence-corrected chi connectivity index (χ4v) is 3.40. The van der Waals surface area contributed by atoms with Crippen LogP contribution in [0.2, 0.25) is 0 Å². The molecule has 0 bridgehead atoms. The summed E-state index contributed by atoms with van der Waals surface area (Å²) in [6.45, 7) is 2.10. The van der Waals surface area contributed by atoms with Gasteiger partial charge in [0.15, 0.2) is 0 Å². The van der Waals surface area contributed by atoms with Gasteiger partial charge in [0.25, 0.3) is 0 Å². The van der Waals surface area contributed by atoms with E-state index in [2.05, 4.69) is 44.8 Å². The first-order valence-corrected chi connectivity index (χ1v) is 8.35. The van der Waals surface area contributed by atoms with E-state index in [1.165, 1.54) is 5.56 Å². The zero-order chi connectivity index (χ0) is 15.0. The molecule has 1 aromatic heterocycles. The Hall–Kier alpha value is -1.26. The molecular weight excluding hydrogens is 396 g/mol. The number of phenols is 1. The van der Waals surface area contributed by atoms with E-state index in [1.54, 1.807) is 6.07 Å². The predicted octanol–water partition coefficient (Wildman–Crippen LogP) is 5.82. The third-order valence-electron chi connectivity index (χ3n) is 3.61. The van der Waals surface area contributed by atoms with Crippen molar-refractivity contribution in [2.45, 2.75) is 19.8 Å². The van der Waals surface area contributed by atoms with Gasteiger partial charge in [0.2, 0.25) is 0 Å². The van der Waals surface area contributed by atoms with Gasteiger partial charge in [-0.3, -0.25) is 0 Å². The predicted molar refractivity (Wildman–Crippen MR) is 91.9 cm³/mol. The van der Waals surface area contributed by atoms with Crippen LogP contribution in [0.4, 0.5) is 0 Å². The molecule has 1 heterocycles. The third-order valence-corrected chi connectivity index (χ3v) is 5.85. The quantitative estimate of drug-likeness (QED) is 0.591. The van der Waals surface area contributed by atoms with E-state index in [0.29, 0.717) is 4.47 Å². The first kappa shape index (κ1) is 14.7. The van der Waals surface area contributed by atoms with Crippen molar-refractivity contribution in [1.29, 1.82) is 0 Å². The number of halogens is 2. The molecule has 2 aromatic carbocycles. The molecule has 0 unspecified atom stereocenters. The Bertz CT molecular complexity index is 806. The Morgan fingerprint density at radius 1 is 1.05 bits per heavy atom. The summed E-state index contributed by atoms with van der Waals surface area (Å²) in [6, 6.07) is 11.8. The first-order chi connectivity index (χ1) is 10.1. The van der Waals surface area contributed by atoms with Gasteiger partial charge in [0, 0.05) is 28.3 Å². The highest BCUT2D eigenvalue weighted by Crippen LogP contribution is 2.37. The van der Waals surface area contributed by atoms with Crippen LogP contribution in [0.1, 0.15) is 23.8 Å². The minimum Gasteiger partial charge on any atom is -0.507 e. The smallest absolute Gasteiger partial charge is 0.134 e. The molecule has 4 heteroatoms. The van der Waals surface area contributed by atoms with Gasteiger partial charge in [-0.1, -0.05) is 31.2 Å². The third kappa shape index (κ3) is 2.62. The highest BCUT2D eigenvalue weighted by atomic mass is 79.9. The highest BCUT2D eigenvalue weighted by Gasteiger charge is 2.16. The first-order valence-electron chi connectivity index (χ1n) is 6.77. The molecule has 0 amide bonds. The second-order valence-electron chi connectivity index (χ2n) is 4.90. The summed E-state index contributed by atoms with van der Waals surface area (Å²) in [5.41, 5.74) is 3.26. The lowest BCUT2D eigenvalue weighted by Crippen LogP contribution is -1.93. The molecule has 0 aliphatic carbocycles. The summed E-state index contributed by atoms with van der Waals surface area (Å²) in [5.74, 6) is 1.26. The average molecular weight is 410 g/mol. The van der Waals surface area contributed by atoms with Gasteiger partial charge in [-0.05, 0) is 49.6 Å². The van der Waals surface area contributed by atoms with Crippen LogP contribution in [-0.2, 0) is 12.8 Å². The van der Waals surface area contributed by atoms with Crippen LogP contribution in [0.25, 0.3) is 11.0 Å². The SMILES string of the molecule is CCc1oc2ccccc2c1Cc1ccc(O)c(Br)c1Br. The van der Waals surface area contributed by atoms with Crippen LogP contribution >= 0.6 is 31.9 Å². The number of aryl methyl sites for hydroxylation is 1. The number of phenolic OH excluding ortho intramolecular Hbond substituents is 1. The van der Waals surface area contributed by atoms with Crippen molar-refractivity contribution in [1.82, 2.24) is 0 Å². The zero-order valence-corrected chi connectivity index (χ0v) is 14.7. The Morgan fingerprint density at radius 3 is 2.57 bits per heavy atom. The lowest BCUT2D eigenvalue weighted by Gasteiger charge is -2.08. The number of para-hydroxylation sites is 1. The van der Waals surface area contributed by atoms with Crippen molar-refractivity contribution in [3.63, 3.8) is 0 Å². The second kappa shape index (κ2) is 5.85. The summed E-state index contributed by atoms with van der Waals surface area (Å²) in [5, 5.41) is 10.9. The van der Waals surface area contributed by atoms with Gasteiger partial charge in [-0.25, -0.2) is 0 Å². The fourth-order valence-electron chi connectivity index (χ4n) is 2.54. The largest absolute Gasteiger partial charge is 0.507 e. The number of aromatic hydroxyl groups is 1.